The first-order valence-corrected chi connectivity index (χ1v) is 12.1. The maximum atomic E-state index is 13.3. The summed E-state index contributed by atoms with van der Waals surface area (Å²) in [5, 5.41) is 2.70. The summed E-state index contributed by atoms with van der Waals surface area (Å²) < 4.78 is 5.34. The zero-order valence-corrected chi connectivity index (χ0v) is 19.6. The second-order valence-electron chi connectivity index (χ2n) is 9.46. The van der Waals surface area contributed by atoms with Crippen LogP contribution in [0.3, 0.4) is 0 Å². The first-order chi connectivity index (χ1) is 17.0. The average molecular weight is 473 g/mol. The zero-order chi connectivity index (χ0) is 24.5. The highest BCUT2D eigenvalue weighted by atomic mass is 16.5. The first-order valence-electron chi connectivity index (χ1n) is 12.1. The summed E-state index contributed by atoms with van der Waals surface area (Å²) in [6, 6.07) is 15.5. The quantitative estimate of drug-likeness (QED) is 0.362. The number of likely N-dealkylation sites (tertiary alicyclic amines) is 1. The Morgan fingerprint density at radius 3 is 2.17 bits per heavy atom. The molecule has 1 aliphatic heterocycles. The Morgan fingerprint density at radius 1 is 0.943 bits per heavy atom. The van der Waals surface area contributed by atoms with E-state index in [0.29, 0.717) is 5.69 Å². The van der Waals surface area contributed by atoms with E-state index >= 15 is 0 Å². The van der Waals surface area contributed by atoms with Crippen molar-refractivity contribution in [3.63, 3.8) is 0 Å². The number of anilines is 1. The molecule has 180 valence electrons. The van der Waals surface area contributed by atoms with Crippen molar-refractivity contribution >= 4 is 29.4 Å². The Labute approximate surface area is 204 Å². The van der Waals surface area contributed by atoms with Gasteiger partial charge in [0.05, 0.1) is 11.8 Å². The predicted molar refractivity (Wildman–Crippen MR) is 129 cm³/mol. The third-order valence-electron chi connectivity index (χ3n) is 7.35. The number of carbonyl (C=O) groups excluding carboxylic acids is 4. The number of hydrogen-bond donors (Lipinski definition) is 1. The number of esters is 1. The van der Waals surface area contributed by atoms with Crippen LogP contribution in [0.25, 0.3) is 0 Å². The lowest BCUT2D eigenvalue weighted by Gasteiger charge is -2.26. The summed E-state index contributed by atoms with van der Waals surface area (Å²) in [6.07, 6.45) is 5.87. The number of nitrogens with zero attached hydrogens (tertiary/aromatic N) is 1. The molecule has 0 spiro atoms. The molecule has 1 N–H and O–H groups in total. The number of ether oxygens (including phenoxy) is 1. The fourth-order valence-electron chi connectivity index (χ4n) is 5.60. The minimum atomic E-state index is -1.11. The van der Waals surface area contributed by atoms with Gasteiger partial charge >= 0.3 is 5.97 Å². The van der Waals surface area contributed by atoms with Crippen LogP contribution >= 0.6 is 0 Å². The van der Waals surface area contributed by atoms with Gasteiger partial charge in [-0.15, -0.1) is 0 Å². The third kappa shape index (κ3) is 4.38. The minimum Gasteiger partial charge on any atom is -0.454 e. The van der Waals surface area contributed by atoms with Crippen molar-refractivity contribution in [3.05, 3.63) is 77.9 Å². The summed E-state index contributed by atoms with van der Waals surface area (Å²) >= 11 is 0. The molecule has 0 unspecified atom stereocenters. The molecule has 2 aromatic carbocycles. The Balaban J connectivity index is 1.30. The van der Waals surface area contributed by atoms with Crippen LogP contribution in [0.5, 0.6) is 0 Å². The van der Waals surface area contributed by atoms with Gasteiger partial charge in [-0.05, 0) is 47.9 Å². The van der Waals surface area contributed by atoms with Gasteiger partial charge in [0.1, 0.15) is 6.04 Å². The molecule has 7 heteroatoms. The molecule has 2 aliphatic carbocycles. The van der Waals surface area contributed by atoms with Crippen molar-refractivity contribution < 1.29 is 23.9 Å². The molecule has 1 heterocycles. The predicted octanol–water partition coefficient (Wildman–Crippen LogP) is 3.15. The van der Waals surface area contributed by atoms with Gasteiger partial charge in [0.15, 0.2) is 6.61 Å². The molecular formula is C28H28N2O5. The molecule has 2 bridgehead atoms. The van der Waals surface area contributed by atoms with Gasteiger partial charge in [0, 0.05) is 12.1 Å². The molecule has 1 saturated heterocycles. The van der Waals surface area contributed by atoms with Crippen molar-refractivity contribution in [1.82, 2.24) is 4.90 Å². The van der Waals surface area contributed by atoms with Crippen LogP contribution in [-0.2, 0) is 36.8 Å². The van der Waals surface area contributed by atoms with Gasteiger partial charge in [-0.1, -0.05) is 61.5 Å². The Kier molecular flexibility index (Phi) is 6.24. The van der Waals surface area contributed by atoms with Crippen LogP contribution in [0.4, 0.5) is 5.69 Å². The molecule has 0 aromatic heterocycles. The van der Waals surface area contributed by atoms with Crippen LogP contribution in [0.15, 0.2) is 66.7 Å². The van der Waals surface area contributed by atoms with E-state index in [4.69, 9.17) is 4.74 Å². The SMILES string of the molecule is CCc1ccc(NC(=O)COC(=O)[C@H](Cc2ccccc2)N2C(=O)[C@@H]3[C@@H](C2=O)[C@H]2C=C[C@H]3C2)cc1. The molecule has 5 atom stereocenters. The highest BCUT2D eigenvalue weighted by molar-refractivity contribution is 6.09. The van der Waals surface area contributed by atoms with Gasteiger partial charge < -0.3 is 10.1 Å². The largest absolute Gasteiger partial charge is 0.454 e. The molecule has 3 amide bonds. The number of amides is 3. The summed E-state index contributed by atoms with van der Waals surface area (Å²) in [6.45, 7) is 1.54. The van der Waals surface area contributed by atoms with Gasteiger partial charge in [0.25, 0.3) is 5.91 Å². The third-order valence-corrected chi connectivity index (χ3v) is 7.35. The number of fused-ring (bicyclic) bond motifs is 5. The van der Waals surface area contributed by atoms with E-state index in [9.17, 15) is 19.2 Å². The molecular weight excluding hydrogens is 444 g/mol. The molecule has 3 aliphatic rings. The number of rotatable bonds is 8. The van der Waals surface area contributed by atoms with Crippen LogP contribution in [-0.4, -0.2) is 41.2 Å². The summed E-state index contributed by atoms with van der Waals surface area (Å²) in [5.74, 6) is -2.58. The fourth-order valence-corrected chi connectivity index (χ4v) is 5.60. The van der Waals surface area contributed by atoms with Gasteiger partial charge in [-0.2, -0.15) is 0 Å². The smallest absolute Gasteiger partial charge is 0.330 e. The number of allylic oxidation sites excluding steroid dienone is 2. The molecule has 7 nitrogen and oxygen atoms in total. The monoisotopic (exact) mass is 472 g/mol. The minimum absolute atomic E-state index is 0.0460. The van der Waals surface area contributed by atoms with Crippen LogP contribution in [0.2, 0.25) is 0 Å². The lowest BCUT2D eigenvalue weighted by molar-refractivity contribution is -0.160. The Hall–Kier alpha value is -3.74. The maximum Gasteiger partial charge on any atom is 0.330 e. The van der Waals surface area contributed by atoms with Gasteiger partial charge in [-0.25, -0.2) is 4.79 Å². The van der Waals surface area contributed by atoms with Crippen molar-refractivity contribution in [2.24, 2.45) is 23.7 Å². The van der Waals surface area contributed by atoms with E-state index in [1.165, 1.54) is 0 Å². The lowest BCUT2D eigenvalue weighted by Crippen LogP contribution is -2.48. The topological polar surface area (TPSA) is 92.8 Å². The number of hydrogen-bond acceptors (Lipinski definition) is 5. The molecule has 35 heavy (non-hydrogen) atoms. The van der Waals surface area contributed by atoms with Crippen molar-refractivity contribution in [2.75, 3.05) is 11.9 Å². The van der Waals surface area contributed by atoms with Crippen LogP contribution in [0.1, 0.15) is 24.5 Å². The van der Waals surface area contributed by atoms with Gasteiger partial charge in [0.2, 0.25) is 11.8 Å². The second-order valence-corrected chi connectivity index (χ2v) is 9.46. The lowest BCUT2D eigenvalue weighted by atomic mass is 9.85. The van der Waals surface area contributed by atoms with E-state index in [-0.39, 0.29) is 30.1 Å². The standard InChI is InChI=1S/C28H28N2O5/c1-2-17-8-12-21(13-9-17)29-23(31)16-35-28(34)22(14-18-6-4-3-5-7-18)30-26(32)24-19-10-11-20(15-19)25(24)27(30)33/h3-13,19-20,22,24-25H,2,14-16H2,1H3,(H,29,31)/t19-,20-,22-,24-,25-/m0/s1. The van der Waals surface area contributed by atoms with E-state index in [1.807, 2.05) is 61.5 Å². The average Bonchev–Trinajstić information content (AvgIpc) is 3.56. The number of nitrogens with one attached hydrogen (secondary N) is 1. The van der Waals surface area contributed by atoms with E-state index in [0.717, 1.165) is 28.9 Å². The Morgan fingerprint density at radius 2 is 1.57 bits per heavy atom. The molecule has 1 saturated carbocycles. The van der Waals surface area contributed by atoms with Crippen molar-refractivity contribution in [1.29, 1.82) is 0 Å². The van der Waals surface area contributed by atoms with E-state index < -0.39 is 36.4 Å². The first kappa shape index (κ1) is 23.0. The van der Waals surface area contributed by atoms with Crippen LogP contribution < -0.4 is 5.32 Å². The van der Waals surface area contributed by atoms with E-state index in [1.54, 1.807) is 12.1 Å². The number of imide groups is 1. The second kappa shape index (κ2) is 9.49. The number of benzene rings is 2. The normalized spacial score (nSPS) is 25.0. The van der Waals surface area contributed by atoms with Crippen LogP contribution in [0, 0.1) is 23.7 Å². The number of carbonyl (C=O) groups is 4. The summed E-state index contributed by atoms with van der Waals surface area (Å²) in [4.78, 5) is 53.4. The number of aryl methyl sites for hydroxylation is 1. The maximum absolute atomic E-state index is 13.3. The Bertz CT molecular complexity index is 1140. The zero-order valence-electron chi connectivity index (χ0n) is 19.6. The van der Waals surface area contributed by atoms with Crippen molar-refractivity contribution in [3.8, 4) is 0 Å². The van der Waals surface area contributed by atoms with E-state index in [2.05, 4.69) is 5.32 Å². The highest BCUT2D eigenvalue weighted by Crippen LogP contribution is 2.53. The molecule has 2 aromatic rings. The molecule has 5 rings (SSSR count). The molecule has 0 radical (unpaired) electrons. The fraction of sp³-hybridized carbons (Fsp3) is 0.357. The molecule has 2 fully saturated rings. The summed E-state index contributed by atoms with van der Waals surface area (Å²) in [5.41, 5.74) is 2.55. The highest BCUT2D eigenvalue weighted by Gasteiger charge is 2.61. The van der Waals surface area contributed by atoms with Crippen molar-refractivity contribution in [2.45, 2.75) is 32.2 Å². The van der Waals surface area contributed by atoms with Gasteiger partial charge in [-0.3, -0.25) is 19.3 Å². The summed E-state index contributed by atoms with van der Waals surface area (Å²) in [7, 11) is 0.